The maximum absolute atomic E-state index is 9.83. The highest BCUT2D eigenvalue weighted by Gasteiger charge is 2.03. The number of nitrogens with zero attached hydrogens (tertiary/aromatic N) is 1. The van der Waals surface area contributed by atoms with Gasteiger partial charge in [0.05, 0.1) is 12.5 Å². The third kappa shape index (κ3) is 3.31. The SMILES string of the molecule is C#Cc1cccc(NCc2cc(CC#N)ccc2O)c1. The zero-order valence-electron chi connectivity index (χ0n) is 10.9. The second kappa shape index (κ2) is 6.31. The molecule has 0 radical (unpaired) electrons. The second-order valence-corrected chi connectivity index (χ2v) is 4.38. The first-order valence-electron chi connectivity index (χ1n) is 6.21. The molecule has 0 saturated heterocycles. The maximum Gasteiger partial charge on any atom is 0.120 e. The first-order valence-corrected chi connectivity index (χ1v) is 6.21. The van der Waals surface area contributed by atoms with Crippen molar-refractivity contribution in [3.63, 3.8) is 0 Å². The zero-order valence-corrected chi connectivity index (χ0v) is 10.9. The van der Waals surface area contributed by atoms with Gasteiger partial charge in [-0.05, 0) is 35.9 Å². The maximum atomic E-state index is 9.83. The molecular formula is C17H14N2O. The predicted molar refractivity (Wildman–Crippen MR) is 79.1 cm³/mol. The molecule has 0 aliphatic rings. The van der Waals surface area contributed by atoms with Crippen LogP contribution in [-0.4, -0.2) is 5.11 Å². The van der Waals surface area contributed by atoms with Gasteiger partial charge in [-0.3, -0.25) is 0 Å². The molecule has 0 unspecified atom stereocenters. The van der Waals surface area contributed by atoms with Crippen molar-refractivity contribution in [3.05, 3.63) is 59.2 Å². The highest BCUT2D eigenvalue weighted by atomic mass is 16.3. The van der Waals surface area contributed by atoms with Crippen molar-refractivity contribution < 1.29 is 5.11 Å². The molecule has 0 aromatic heterocycles. The van der Waals surface area contributed by atoms with Crippen molar-refractivity contribution in [2.24, 2.45) is 0 Å². The summed E-state index contributed by atoms with van der Waals surface area (Å²) < 4.78 is 0. The largest absolute Gasteiger partial charge is 0.508 e. The molecule has 2 N–H and O–H groups in total. The van der Waals surface area contributed by atoms with Gasteiger partial charge in [0.2, 0.25) is 0 Å². The number of hydrogen-bond acceptors (Lipinski definition) is 3. The van der Waals surface area contributed by atoms with Gasteiger partial charge >= 0.3 is 0 Å². The van der Waals surface area contributed by atoms with Gasteiger partial charge in [0.25, 0.3) is 0 Å². The first-order chi connectivity index (χ1) is 9.72. The molecule has 0 heterocycles. The van der Waals surface area contributed by atoms with Gasteiger partial charge in [-0.25, -0.2) is 0 Å². The van der Waals surface area contributed by atoms with E-state index in [0.717, 1.165) is 22.4 Å². The molecule has 0 bridgehead atoms. The molecule has 2 aromatic carbocycles. The van der Waals surface area contributed by atoms with Gasteiger partial charge in [-0.15, -0.1) is 6.42 Å². The van der Waals surface area contributed by atoms with Crippen LogP contribution in [0.2, 0.25) is 0 Å². The zero-order chi connectivity index (χ0) is 14.4. The number of terminal acetylenes is 1. The number of aromatic hydroxyl groups is 1. The topological polar surface area (TPSA) is 56.0 Å². The molecular weight excluding hydrogens is 248 g/mol. The van der Waals surface area contributed by atoms with Gasteiger partial charge in [-0.1, -0.05) is 18.1 Å². The molecule has 0 atom stereocenters. The number of benzene rings is 2. The molecule has 0 aliphatic heterocycles. The summed E-state index contributed by atoms with van der Waals surface area (Å²) in [6.07, 6.45) is 5.69. The third-order valence-corrected chi connectivity index (χ3v) is 2.94. The monoisotopic (exact) mass is 262 g/mol. The van der Waals surface area contributed by atoms with E-state index in [9.17, 15) is 5.11 Å². The Morgan fingerprint density at radius 3 is 2.80 bits per heavy atom. The van der Waals surface area contributed by atoms with Crippen LogP contribution in [-0.2, 0) is 13.0 Å². The number of phenols is 1. The van der Waals surface area contributed by atoms with Crippen molar-refractivity contribution in [1.29, 1.82) is 5.26 Å². The lowest BCUT2D eigenvalue weighted by atomic mass is 10.1. The fourth-order valence-corrected chi connectivity index (χ4v) is 1.90. The Bertz CT molecular complexity index is 693. The van der Waals surface area contributed by atoms with Crippen LogP contribution in [0.4, 0.5) is 5.69 Å². The van der Waals surface area contributed by atoms with E-state index in [1.165, 1.54) is 0 Å². The average Bonchev–Trinajstić information content (AvgIpc) is 2.48. The molecule has 0 amide bonds. The van der Waals surface area contributed by atoms with Crippen molar-refractivity contribution in [2.75, 3.05) is 5.32 Å². The van der Waals surface area contributed by atoms with Crippen molar-refractivity contribution in [3.8, 4) is 24.2 Å². The van der Waals surface area contributed by atoms with E-state index in [-0.39, 0.29) is 5.75 Å². The third-order valence-electron chi connectivity index (χ3n) is 2.94. The summed E-state index contributed by atoms with van der Waals surface area (Å²) in [5.41, 5.74) is 3.34. The minimum atomic E-state index is 0.215. The van der Waals surface area contributed by atoms with Gasteiger partial charge in [0.1, 0.15) is 5.75 Å². The normalized spacial score (nSPS) is 9.50. The van der Waals surface area contributed by atoms with E-state index < -0.39 is 0 Å². The smallest absolute Gasteiger partial charge is 0.120 e. The minimum absolute atomic E-state index is 0.215. The molecule has 0 fully saturated rings. The highest BCUT2D eigenvalue weighted by Crippen LogP contribution is 2.20. The lowest BCUT2D eigenvalue weighted by molar-refractivity contribution is 0.469. The lowest BCUT2D eigenvalue weighted by Crippen LogP contribution is -2.00. The van der Waals surface area contributed by atoms with Crippen LogP contribution in [0.15, 0.2) is 42.5 Å². The van der Waals surface area contributed by atoms with Crippen molar-refractivity contribution in [1.82, 2.24) is 0 Å². The molecule has 2 aromatic rings. The summed E-state index contributed by atoms with van der Waals surface area (Å²) in [4.78, 5) is 0. The fourth-order valence-electron chi connectivity index (χ4n) is 1.90. The minimum Gasteiger partial charge on any atom is -0.508 e. The number of anilines is 1. The lowest BCUT2D eigenvalue weighted by Gasteiger charge is -2.09. The van der Waals surface area contributed by atoms with Gasteiger partial charge in [-0.2, -0.15) is 5.26 Å². The summed E-state index contributed by atoms with van der Waals surface area (Å²) in [6, 6.07) is 14.8. The molecule has 2 rings (SSSR count). The van der Waals surface area contributed by atoms with Crippen LogP contribution in [0.1, 0.15) is 16.7 Å². The number of hydrogen-bond donors (Lipinski definition) is 2. The number of rotatable bonds is 4. The Kier molecular flexibility index (Phi) is 4.27. The molecule has 20 heavy (non-hydrogen) atoms. The van der Waals surface area contributed by atoms with Crippen LogP contribution in [0, 0.1) is 23.7 Å². The number of nitriles is 1. The number of phenolic OH excluding ortho intramolecular Hbond substituents is 1. The summed E-state index contributed by atoms with van der Waals surface area (Å²) in [5.74, 6) is 2.79. The molecule has 98 valence electrons. The Morgan fingerprint density at radius 1 is 1.20 bits per heavy atom. The summed E-state index contributed by atoms with van der Waals surface area (Å²) >= 11 is 0. The van der Waals surface area contributed by atoms with E-state index >= 15 is 0 Å². The van der Waals surface area contributed by atoms with Gasteiger partial charge < -0.3 is 10.4 Å². The molecule has 3 heteroatoms. The predicted octanol–water partition coefficient (Wildman–Crippen LogP) is 3.05. The molecule has 0 aliphatic carbocycles. The summed E-state index contributed by atoms with van der Waals surface area (Å²) in [5, 5.41) is 21.7. The average molecular weight is 262 g/mol. The Morgan fingerprint density at radius 2 is 2.05 bits per heavy atom. The van der Waals surface area contributed by atoms with Crippen LogP contribution in [0.3, 0.4) is 0 Å². The van der Waals surface area contributed by atoms with E-state index in [4.69, 9.17) is 11.7 Å². The van der Waals surface area contributed by atoms with Crippen LogP contribution < -0.4 is 5.32 Å². The van der Waals surface area contributed by atoms with E-state index in [1.54, 1.807) is 12.1 Å². The number of nitrogens with one attached hydrogen (secondary N) is 1. The van der Waals surface area contributed by atoms with Gasteiger partial charge in [0.15, 0.2) is 0 Å². The van der Waals surface area contributed by atoms with Crippen LogP contribution in [0.5, 0.6) is 5.75 Å². The standard InChI is InChI=1S/C17H14N2O/c1-2-13-4-3-5-16(11-13)19-12-15-10-14(8-9-18)6-7-17(15)20/h1,3-7,10-11,19-20H,8,12H2. The van der Waals surface area contributed by atoms with Crippen LogP contribution in [0.25, 0.3) is 0 Å². The van der Waals surface area contributed by atoms with Crippen molar-refractivity contribution in [2.45, 2.75) is 13.0 Å². The Hall–Kier alpha value is -2.91. The molecule has 0 saturated carbocycles. The molecule has 3 nitrogen and oxygen atoms in total. The second-order valence-electron chi connectivity index (χ2n) is 4.38. The highest BCUT2D eigenvalue weighted by molar-refractivity contribution is 5.51. The van der Waals surface area contributed by atoms with E-state index in [0.29, 0.717) is 13.0 Å². The quantitative estimate of drug-likeness (QED) is 0.833. The first kappa shape index (κ1) is 13.5. The Labute approximate surface area is 118 Å². The summed E-state index contributed by atoms with van der Waals surface area (Å²) in [6.45, 7) is 0.471. The summed E-state index contributed by atoms with van der Waals surface area (Å²) in [7, 11) is 0. The van der Waals surface area contributed by atoms with E-state index in [2.05, 4.69) is 17.3 Å². The van der Waals surface area contributed by atoms with Crippen molar-refractivity contribution >= 4 is 5.69 Å². The van der Waals surface area contributed by atoms with E-state index in [1.807, 2.05) is 30.3 Å². The fraction of sp³-hybridized carbons (Fsp3) is 0.118. The van der Waals surface area contributed by atoms with Crippen LogP contribution >= 0.6 is 0 Å². The van der Waals surface area contributed by atoms with Gasteiger partial charge in [0, 0.05) is 23.4 Å². The molecule has 0 spiro atoms. The Balaban J connectivity index is 2.12.